The van der Waals surface area contributed by atoms with Gasteiger partial charge in [0.1, 0.15) is 9.97 Å². The van der Waals surface area contributed by atoms with E-state index in [0.29, 0.717) is 42.4 Å². The average molecular weight is 437 g/mol. The molecule has 9 nitrogen and oxygen atoms in total. The highest BCUT2D eigenvalue weighted by molar-refractivity contribution is 7.91. The molecule has 0 aliphatic carbocycles. The quantitative estimate of drug-likeness (QED) is 0.630. The normalized spacial score (nSPS) is 18.0. The number of nitrogens with one attached hydrogen (secondary N) is 1. The summed E-state index contributed by atoms with van der Waals surface area (Å²) in [7, 11) is -3.70. The van der Waals surface area contributed by atoms with Crippen LogP contribution in [0, 0.1) is 12.8 Å². The van der Waals surface area contributed by atoms with Gasteiger partial charge in [-0.25, -0.2) is 8.42 Å². The fraction of sp³-hybridized carbons (Fsp3) is 0.389. The van der Waals surface area contributed by atoms with Gasteiger partial charge in [0.05, 0.1) is 18.7 Å². The van der Waals surface area contributed by atoms with Gasteiger partial charge in [-0.3, -0.25) is 4.79 Å². The molecule has 3 aromatic heterocycles. The summed E-state index contributed by atoms with van der Waals surface area (Å²) in [5, 5.41) is 8.33. The van der Waals surface area contributed by atoms with Crippen LogP contribution in [0.25, 0.3) is 11.4 Å². The lowest BCUT2D eigenvalue weighted by atomic mass is 9.99. The zero-order valence-corrected chi connectivity index (χ0v) is 17.3. The molecule has 0 unspecified atom stereocenters. The minimum atomic E-state index is -3.70. The Morgan fingerprint density at radius 3 is 3.03 bits per heavy atom. The molecule has 0 aromatic carbocycles. The predicted octanol–water partition coefficient (Wildman–Crippen LogP) is 2.42. The molecule has 1 fully saturated rings. The summed E-state index contributed by atoms with van der Waals surface area (Å²) in [5.74, 6) is 0.855. The van der Waals surface area contributed by atoms with Crippen molar-refractivity contribution < 1.29 is 22.2 Å². The molecule has 1 aliphatic heterocycles. The standard InChI is InChI=1S/C18H20N4O5S2/c1-12-20-17(21-27-12)14-8-16(28-11-14)29(24,25)22-6-2-4-13(10-22)18(23)19-9-15-5-3-7-26-15/h3,5,7-8,11,13H,2,4,6,9-10H2,1H3,(H,19,23)/t13-/m1/s1. The second kappa shape index (κ2) is 8.09. The number of hydrogen-bond acceptors (Lipinski definition) is 8. The summed E-state index contributed by atoms with van der Waals surface area (Å²) in [6.07, 6.45) is 2.82. The van der Waals surface area contributed by atoms with Crippen LogP contribution in [0.5, 0.6) is 0 Å². The van der Waals surface area contributed by atoms with Gasteiger partial charge < -0.3 is 14.3 Å². The Morgan fingerprint density at radius 1 is 1.45 bits per heavy atom. The molecule has 1 aliphatic rings. The van der Waals surface area contributed by atoms with Crippen LogP contribution in [-0.2, 0) is 21.4 Å². The monoisotopic (exact) mass is 436 g/mol. The van der Waals surface area contributed by atoms with E-state index < -0.39 is 15.9 Å². The molecule has 154 valence electrons. The molecular formula is C18H20N4O5S2. The first kappa shape index (κ1) is 19.8. The Bertz CT molecular complexity index is 1090. The van der Waals surface area contributed by atoms with Crippen molar-refractivity contribution >= 4 is 27.3 Å². The number of furan rings is 1. The smallest absolute Gasteiger partial charge is 0.252 e. The molecule has 1 amide bonds. The number of sulfonamides is 1. The summed E-state index contributed by atoms with van der Waals surface area (Å²) < 4.78 is 37.9. The van der Waals surface area contributed by atoms with Gasteiger partial charge >= 0.3 is 0 Å². The van der Waals surface area contributed by atoms with E-state index in [-0.39, 0.29) is 23.2 Å². The molecule has 4 rings (SSSR count). The van der Waals surface area contributed by atoms with Crippen LogP contribution in [0.15, 0.2) is 43.0 Å². The zero-order chi connectivity index (χ0) is 20.4. The first-order chi connectivity index (χ1) is 13.9. The second-order valence-corrected chi connectivity index (χ2v) is 9.87. The number of aryl methyl sites for hydroxylation is 1. The van der Waals surface area contributed by atoms with Crippen LogP contribution >= 0.6 is 11.3 Å². The number of piperidine rings is 1. The van der Waals surface area contributed by atoms with Crippen molar-refractivity contribution in [3.8, 4) is 11.4 Å². The number of nitrogens with zero attached hydrogens (tertiary/aromatic N) is 3. The fourth-order valence-electron chi connectivity index (χ4n) is 3.22. The third-order valence-corrected chi connectivity index (χ3v) is 8.01. The van der Waals surface area contributed by atoms with E-state index in [1.165, 1.54) is 4.31 Å². The highest BCUT2D eigenvalue weighted by Crippen LogP contribution is 2.31. The number of thiophene rings is 1. The maximum Gasteiger partial charge on any atom is 0.252 e. The minimum absolute atomic E-state index is 0.154. The van der Waals surface area contributed by atoms with Gasteiger partial charge in [0.15, 0.2) is 0 Å². The van der Waals surface area contributed by atoms with Crippen LogP contribution in [0.2, 0.25) is 0 Å². The van der Waals surface area contributed by atoms with Crippen molar-refractivity contribution in [3.05, 3.63) is 41.5 Å². The molecule has 0 saturated carbocycles. The van der Waals surface area contributed by atoms with Crippen LogP contribution in [0.1, 0.15) is 24.5 Å². The molecule has 29 heavy (non-hydrogen) atoms. The Balaban J connectivity index is 1.44. The lowest BCUT2D eigenvalue weighted by Crippen LogP contribution is -2.45. The number of hydrogen-bond donors (Lipinski definition) is 1. The number of amides is 1. The Hall–Kier alpha value is -2.50. The third-order valence-electron chi connectivity index (χ3n) is 4.73. The Labute approximate surface area is 171 Å². The first-order valence-electron chi connectivity index (χ1n) is 9.13. The van der Waals surface area contributed by atoms with E-state index in [2.05, 4.69) is 15.5 Å². The van der Waals surface area contributed by atoms with Crippen molar-refractivity contribution in [2.24, 2.45) is 5.92 Å². The topological polar surface area (TPSA) is 119 Å². The summed E-state index contributed by atoms with van der Waals surface area (Å²) >= 11 is 1.11. The third kappa shape index (κ3) is 4.26. The van der Waals surface area contributed by atoms with Crippen molar-refractivity contribution in [3.63, 3.8) is 0 Å². The Kier molecular flexibility index (Phi) is 5.52. The summed E-state index contributed by atoms with van der Waals surface area (Å²) in [6, 6.07) is 5.07. The summed E-state index contributed by atoms with van der Waals surface area (Å²) in [4.78, 5) is 16.6. The molecule has 11 heteroatoms. The number of carbonyl (C=O) groups excluding carboxylic acids is 1. The molecule has 1 saturated heterocycles. The van der Waals surface area contributed by atoms with Gasteiger partial charge in [-0.1, -0.05) is 5.16 Å². The number of rotatable bonds is 6. The molecule has 3 aromatic rings. The van der Waals surface area contributed by atoms with E-state index in [1.54, 1.807) is 36.8 Å². The fourth-order valence-corrected chi connectivity index (χ4v) is 6.05. The molecular weight excluding hydrogens is 416 g/mol. The molecule has 4 heterocycles. The minimum Gasteiger partial charge on any atom is -0.467 e. The van der Waals surface area contributed by atoms with Crippen molar-refractivity contribution in [1.29, 1.82) is 0 Å². The largest absolute Gasteiger partial charge is 0.467 e. The van der Waals surface area contributed by atoms with E-state index in [0.717, 1.165) is 11.3 Å². The van der Waals surface area contributed by atoms with E-state index in [1.807, 2.05) is 0 Å². The molecule has 1 atom stereocenters. The molecule has 0 bridgehead atoms. The summed E-state index contributed by atoms with van der Waals surface area (Å²) in [6.45, 7) is 2.50. The number of carbonyl (C=O) groups is 1. The van der Waals surface area contributed by atoms with Crippen LogP contribution in [-0.4, -0.2) is 41.9 Å². The first-order valence-corrected chi connectivity index (χ1v) is 11.4. The maximum absolute atomic E-state index is 13.1. The van der Waals surface area contributed by atoms with Crippen LogP contribution in [0.4, 0.5) is 0 Å². The summed E-state index contributed by atoms with van der Waals surface area (Å²) in [5.41, 5.74) is 0.593. The Morgan fingerprint density at radius 2 is 2.31 bits per heavy atom. The van der Waals surface area contributed by atoms with Crippen molar-refractivity contribution in [1.82, 2.24) is 19.8 Å². The van der Waals surface area contributed by atoms with E-state index in [4.69, 9.17) is 8.94 Å². The molecule has 0 radical (unpaired) electrons. The molecule has 1 N–H and O–H groups in total. The van der Waals surface area contributed by atoms with Crippen molar-refractivity contribution in [2.75, 3.05) is 13.1 Å². The SMILES string of the molecule is Cc1nc(-c2csc(S(=O)(=O)N3CCC[C@@H](C(=O)NCc4ccco4)C3)c2)no1. The van der Waals surface area contributed by atoms with Gasteiger partial charge in [0.2, 0.25) is 17.6 Å². The van der Waals surface area contributed by atoms with Gasteiger partial charge in [0.25, 0.3) is 10.0 Å². The molecule has 0 spiro atoms. The number of aromatic nitrogens is 2. The lowest BCUT2D eigenvalue weighted by Gasteiger charge is -2.30. The van der Waals surface area contributed by atoms with Crippen LogP contribution in [0.3, 0.4) is 0 Å². The van der Waals surface area contributed by atoms with Crippen LogP contribution < -0.4 is 5.32 Å². The van der Waals surface area contributed by atoms with Gasteiger partial charge in [-0.15, -0.1) is 11.3 Å². The highest BCUT2D eigenvalue weighted by atomic mass is 32.2. The van der Waals surface area contributed by atoms with Gasteiger partial charge in [0, 0.05) is 31.0 Å². The zero-order valence-electron chi connectivity index (χ0n) is 15.7. The van der Waals surface area contributed by atoms with Crippen molar-refractivity contribution in [2.45, 2.75) is 30.5 Å². The van der Waals surface area contributed by atoms with Gasteiger partial charge in [-0.2, -0.15) is 9.29 Å². The highest BCUT2D eigenvalue weighted by Gasteiger charge is 2.34. The second-order valence-electron chi connectivity index (χ2n) is 6.79. The lowest BCUT2D eigenvalue weighted by molar-refractivity contribution is -0.126. The maximum atomic E-state index is 13.1. The predicted molar refractivity (Wildman–Crippen MR) is 104 cm³/mol. The average Bonchev–Trinajstić information content (AvgIpc) is 3.47. The van der Waals surface area contributed by atoms with Gasteiger partial charge in [-0.05, 0) is 31.0 Å². The van der Waals surface area contributed by atoms with E-state index >= 15 is 0 Å². The van der Waals surface area contributed by atoms with E-state index in [9.17, 15) is 13.2 Å².